The molecule has 2 aliphatic heterocycles. The number of para-hydroxylation sites is 1. The summed E-state index contributed by atoms with van der Waals surface area (Å²) in [5, 5.41) is 7.12. The second-order valence-electron chi connectivity index (χ2n) is 9.42. The van der Waals surface area contributed by atoms with Gasteiger partial charge in [-0.15, -0.1) is 0 Å². The molecule has 0 aliphatic carbocycles. The van der Waals surface area contributed by atoms with Crippen LogP contribution in [0.4, 0.5) is 11.4 Å². The summed E-state index contributed by atoms with van der Waals surface area (Å²) in [6.45, 7) is 7.99. The number of anilines is 2. The summed E-state index contributed by atoms with van der Waals surface area (Å²) in [6.07, 6.45) is 0. The van der Waals surface area contributed by atoms with E-state index in [0.717, 1.165) is 33.6 Å². The predicted molar refractivity (Wildman–Crippen MR) is 142 cm³/mol. The third-order valence-electron chi connectivity index (χ3n) is 6.89. The van der Waals surface area contributed by atoms with Crippen molar-refractivity contribution in [1.29, 1.82) is 0 Å². The number of thiocarbonyl (C=S) groups is 1. The quantitative estimate of drug-likeness (QED) is 0.479. The van der Waals surface area contributed by atoms with Gasteiger partial charge in [0, 0.05) is 16.9 Å². The average molecular weight is 488 g/mol. The summed E-state index contributed by atoms with van der Waals surface area (Å²) in [6, 6.07) is 19.4. The fourth-order valence-electron chi connectivity index (χ4n) is 5.25. The van der Waals surface area contributed by atoms with E-state index in [0.29, 0.717) is 16.6 Å². The Balaban J connectivity index is 1.65. The molecule has 2 aliphatic rings. The maximum absolute atomic E-state index is 14.0. The lowest BCUT2D eigenvalue weighted by atomic mass is 9.78. The zero-order chi connectivity index (χ0) is 24.9. The summed E-state index contributed by atoms with van der Waals surface area (Å²) in [4.78, 5) is 15.9. The Morgan fingerprint density at radius 2 is 1.83 bits per heavy atom. The van der Waals surface area contributed by atoms with Crippen LogP contribution in [0.5, 0.6) is 11.5 Å². The van der Waals surface area contributed by atoms with Gasteiger partial charge in [0.15, 0.2) is 22.3 Å². The minimum Gasteiger partial charge on any atom is -0.493 e. The van der Waals surface area contributed by atoms with Crippen LogP contribution in [0.2, 0.25) is 0 Å². The zero-order valence-electron chi connectivity index (χ0n) is 20.5. The van der Waals surface area contributed by atoms with Crippen molar-refractivity contribution >= 4 is 34.6 Å². The first-order chi connectivity index (χ1) is 16.7. The molecule has 3 aromatic rings. The minimum atomic E-state index is -1.11. The van der Waals surface area contributed by atoms with Gasteiger partial charge >= 0.3 is 0 Å². The number of fused-ring (bicyclic) bond motifs is 4. The molecular formula is C28H29N3O3S. The Morgan fingerprint density at radius 3 is 2.54 bits per heavy atom. The molecule has 3 atom stereocenters. The highest BCUT2D eigenvalue weighted by Gasteiger charge is 2.59. The van der Waals surface area contributed by atoms with Crippen LogP contribution in [-0.2, 0) is 4.79 Å². The lowest BCUT2D eigenvalue weighted by molar-refractivity contribution is -0.130. The van der Waals surface area contributed by atoms with Gasteiger partial charge in [0.2, 0.25) is 5.91 Å². The molecule has 0 aromatic heterocycles. The highest BCUT2D eigenvalue weighted by molar-refractivity contribution is 7.80. The molecule has 1 saturated heterocycles. The third kappa shape index (κ3) is 3.80. The van der Waals surface area contributed by atoms with E-state index in [9.17, 15) is 4.79 Å². The van der Waals surface area contributed by atoms with Crippen molar-refractivity contribution in [3.05, 3.63) is 82.9 Å². The van der Waals surface area contributed by atoms with Crippen molar-refractivity contribution in [1.82, 2.24) is 5.32 Å². The number of carbonyl (C=O) groups is 1. The molecule has 35 heavy (non-hydrogen) atoms. The van der Waals surface area contributed by atoms with Crippen LogP contribution in [-0.4, -0.2) is 23.9 Å². The monoisotopic (exact) mass is 487 g/mol. The van der Waals surface area contributed by atoms with Crippen LogP contribution in [0.1, 0.15) is 35.2 Å². The molecule has 0 spiro atoms. The molecule has 1 amide bonds. The number of carbonyl (C=O) groups excluding carboxylic acids is 1. The molecule has 0 unspecified atom stereocenters. The highest BCUT2D eigenvalue weighted by atomic mass is 32.1. The second-order valence-corrected chi connectivity index (χ2v) is 9.81. The molecule has 6 nitrogen and oxygen atoms in total. The number of amides is 1. The van der Waals surface area contributed by atoms with Gasteiger partial charge in [-0.2, -0.15) is 0 Å². The Morgan fingerprint density at radius 1 is 1.09 bits per heavy atom. The van der Waals surface area contributed by atoms with Crippen molar-refractivity contribution in [3.63, 3.8) is 0 Å². The topological polar surface area (TPSA) is 62.8 Å². The molecule has 1 fully saturated rings. The number of ether oxygens (including phenoxy) is 2. The fraction of sp³-hybridized carbons (Fsp3) is 0.286. The van der Waals surface area contributed by atoms with Crippen LogP contribution in [0.25, 0.3) is 0 Å². The molecule has 180 valence electrons. The normalized spacial score (nSPS) is 22.5. The second kappa shape index (κ2) is 8.57. The average Bonchev–Trinajstić information content (AvgIpc) is 2.80. The summed E-state index contributed by atoms with van der Waals surface area (Å²) in [5.41, 5.74) is 4.60. The summed E-state index contributed by atoms with van der Waals surface area (Å²) >= 11 is 5.85. The van der Waals surface area contributed by atoms with E-state index in [1.165, 1.54) is 0 Å². The first-order valence-electron chi connectivity index (χ1n) is 11.6. The van der Waals surface area contributed by atoms with Crippen LogP contribution in [0.3, 0.4) is 0 Å². The van der Waals surface area contributed by atoms with Crippen LogP contribution < -0.4 is 25.0 Å². The smallest absolute Gasteiger partial charge is 0.236 e. The minimum absolute atomic E-state index is 0.148. The van der Waals surface area contributed by atoms with Crippen molar-refractivity contribution in [2.75, 3.05) is 17.3 Å². The summed E-state index contributed by atoms with van der Waals surface area (Å²) in [7, 11) is 1.62. The molecule has 2 heterocycles. The zero-order valence-corrected chi connectivity index (χ0v) is 21.3. The van der Waals surface area contributed by atoms with Crippen LogP contribution >= 0.6 is 12.2 Å². The number of nitrogens with one attached hydrogen (secondary N) is 2. The van der Waals surface area contributed by atoms with E-state index in [4.69, 9.17) is 21.7 Å². The van der Waals surface area contributed by atoms with Crippen molar-refractivity contribution < 1.29 is 14.3 Å². The van der Waals surface area contributed by atoms with Crippen LogP contribution in [0.15, 0.2) is 60.7 Å². The third-order valence-corrected chi connectivity index (χ3v) is 7.19. The maximum atomic E-state index is 14.0. The molecule has 2 bridgehead atoms. The Bertz CT molecular complexity index is 1340. The standard InChI is InChI=1S/C28H29N3O3S/c1-16-8-6-9-19(15-16)31-27(35)30-24-20-10-7-11-22(33-5)25(20)34-28(31,4)23(24)26(32)29-21-13-12-17(2)14-18(21)3/h6-15,23-24H,1-5H3,(H,29,32)(H,30,35)/t23-,24-,28-/m1/s1. The van der Waals surface area contributed by atoms with Crippen molar-refractivity contribution in [3.8, 4) is 11.5 Å². The molecule has 7 heteroatoms. The Labute approximate surface area is 211 Å². The molecule has 5 rings (SSSR count). The van der Waals surface area contributed by atoms with Gasteiger partial charge < -0.3 is 20.1 Å². The summed E-state index contributed by atoms with van der Waals surface area (Å²) in [5.74, 6) is 0.470. The van der Waals surface area contributed by atoms with E-state index in [1.54, 1.807) is 7.11 Å². The Hall–Kier alpha value is -3.58. The number of rotatable bonds is 4. The number of methoxy groups -OCH3 is 1. The van der Waals surface area contributed by atoms with E-state index in [1.807, 2.05) is 87.2 Å². The first-order valence-corrected chi connectivity index (χ1v) is 12.0. The Kier molecular flexibility index (Phi) is 5.68. The number of hydrogen-bond acceptors (Lipinski definition) is 4. The van der Waals surface area contributed by atoms with E-state index >= 15 is 0 Å². The highest BCUT2D eigenvalue weighted by Crippen LogP contribution is 2.52. The number of benzene rings is 3. The largest absolute Gasteiger partial charge is 0.493 e. The van der Waals surface area contributed by atoms with Gasteiger partial charge in [-0.1, -0.05) is 42.0 Å². The number of hydrogen-bond donors (Lipinski definition) is 2. The lowest BCUT2D eigenvalue weighted by Crippen LogP contribution is -2.72. The molecular weight excluding hydrogens is 458 g/mol. The van der Waals surface area contributed by atoms with Gasteiger partial charge in [-0.25, -0.2) is 0 Å². The predicted octanol–water partition coefficient (Wildman–Crippen LogP) is 5.42. The first kappa shape index (κ1) is 23.2. The molecule has 0 radical (unpaired) electrons. The van der Waals surface area contributed by atoms with Gasteiger partial charge in [-0.3, -0.25) is 9.69 Å². The van der Waals surface area contributed by atoms with Crippen LogP contribution in [0, 0.1) is 26.7 Å². The van der Waals surface area contributed by atoms with Crippen molar-refractivity contribution in [2.24, 2.45) is 5.92 Å². The molecule has 3 aromatic carbocycles. The van der Waals surface area contributed by atoms with E-state index in [-0.39, 0.29) is 5.91 Å². The van der Waals surface area contributed by atoms with Gasteiger partial charge in [0.1, 0.15) is 5.92 Å². The number of nitrogens with zero attached hydrogens (tertiary/aromatic N) is 1. The van der Waals surface area contributed by atoms with Gasteiger partial charge in [0.25, 0.3) is 0 Å². The maximum Gasteiger partial charge on any atom is 0.236 e. The SMILES string of the molecule is COc1cccc2c1O[C@]1(C)[C@@H](C(=O)Nc3ccc(C)cc3C)[C@@H]2NC(=S)N1c1cccc(C)c1. The van der Waals surface area contributed by atoms with E-state index in [2.05, 4.69) is 16.7 Å². The number of aryl methyl sites for hydroxylation is 3. The van der Waals surface area contributed by atoms with Crippen molar-refractivity contribution in [2.45, 2.75) is 39.5 Å². The van der Waals surface area contributed by atoms with Gasteiger partial charge in [0.05, 0.1) is 13.2 Å². The molecule has 2 N–H and O–H groups in total. The van der Waals surface area contributed by atoms with E-state index < -0.39 is 17.7 Å². The molecule has 0 saturated carbocycles. The fourth-order valence-corrected chi connectivity index (χ4v) is 5.66. The van der Waals surface area contributed by atoms with Gasteiger partial charge in [-0.05, 0) is 75.3 Å². The lowest BCUT2D eigenvalue weighted by Gasteiger charge is -2.56. The summed E-state index contributed by atoms with van der Waals surface area (Å²) < 4.78 is 12.3.